The van der Waals surface area contributed by atoms with Gasteiger partial charge in [0.15, 0.2) is 0 Å². The van der Waals surface area contributed by atoms with Crippen LogP contribution in [0.1, 0.15) is 73.9 Å². The number of hydrogen-bond donors (Lipinski definition) is 1. The van der Waals surface area contributed by atoms with Gasteiger partial charge in [0.05, 0.1) is 11.7 Å². The van der Waals surface area contributed by atoms with Crippen molar-refractivity contribution in [3.05, 3.63) is 17.0 Å². The van der Waals surface area contributed by atoms with Crippen LogP contribution in [0.2, 0.25) is 0 Å². The van der Waals surface area contributed by atoms with Crippen molar-refractivity contribution in [2.75, 3.05) is 13.1 Å². The Morgan fingerprint density at radius 2 is 1.84 bits per heavy atom. The predicted molar refractivity (Wildman–Crippen MR) is 78.7 cm³/mol. The quantitative estimate of drug-likeness (QED) is 0.883. The molecule has 106 valence electrons. The van der Waals surface area contributed by atoms with Crippen LogP contribution in [0.5, 0.6) is 0 Å². The lowest BCUT2D eigenvalue weighted by Crippen LogP contribution is -2.29. The van der Waals surface area contributed by atoms with Crippen molar-refractivity contribution in [2.45, 2.75) is 70.8 Å². The molecule has 1 aliphatic carbocycles. The summed E-state index contributed by atoms with van der Waals surface area (Å²) in [5, 5.41) is 8.44. The van der Waals surface area contributed by atoms with Gasteiger partial charge in [-0.1, -0.05) is 19.3 Å². The third-order valence-corrected chi connectivity index (χ3v) is 5.01. The third-order valence-electron chi connectivity index (χ3n) is 5.01. The summed E-state index contributed by atoms with van der Waals surface area (Å²) in [5.41, 5.74) is 4.26. The molecule has 1 aromatic heterocycles. The minimum absolute atomic E-state index is 0.665. The molecule has 3 heteroatoms. The summed E-state index contributed by atoms with van der Waals surface area (Å²) in [6.45, 7) is 6.82. The van der Waals surface area contributed by atoms with E-state index in [0.29, 0.717) is 12.0 Å². The summed E-state index contributed by atoms with van der Waals surface area (Å²) in [5.74, 6) is 0.686. The molecule has 1 saturated carbocycles. The van der Waals surface area contributed by atoms with Crippen LogP contribution in [-0.4, -0.2) is 22.9 Å². The summed E-state index contributed by atoms with van der Waals surface area (Å²) in [4.78, 5) is 0. The van der Waals surface area contributed by atoms with Crippen molar-refractivity contribution in [1.29, 1.82) is 0 Å². The molecule has 1 aromatic rings. The molecule has 1 N–H and O–H groups in total. The normalized spacial score (nSPS) is 25.7. The fraction of sp³-hybridized carbons (Fsp3) is 0.812. The summed E-state index contributed by atoms with van der Waals surface area (Å²) in [6.07, 6.45) is 9.44. The smallest absolute Gasteiger partial charge is 0.0631 e. The van der Waals surface area contributed by atoms with Gasteiger partial charge in [-0.2, -0.15) is 5.10 Å². The number of nitrogens with zero attached hydrogens (tertiary/aromatic N) is 2. The summed E-state index contributed by atoms with van der Waals surface area (Å²) in [7, 11) is 0. The van der Waals surface area contributed by atoms with E-state index in [1.54, 1.807) is 0 Å². The van der Waals surface area contributed by atoms with Crippen LogP contribution in [0.25, 0.3) is 0 Å². The van der Waals surface area contributed by atoms with E-state index in [1.807, 2.05) is 0 Å². The van der Waals surface area contributed by atoms with Crippen LogP contribution in [0.3, 0.4) is 0 Å². The van der Waals surface area contributed by atoms with Crippen molar-refractivity contribution in [3.8, 4) is 0 Å². The Balaban J connectivity index is 1.86. The van der Waals surface area contributed by atoms with E-state index in [4.69, 9.17) is 5.10 Å². The largest absolute Gasteiger partial charge is 0.316 e. The second-order valence-electron chi connectivity index (χ2n) is 6.36. The van der Waals surface area contributed by atoms with Crippen LogP contribution in [0.15, 0.2) is 0 Å². The minimum atomic E-state index is 0.665. The van der Waals surface area contributed by atoms with Gasteiger partial charge in [-0.05, 0) is 46.1 Å². The van der Waals surface area contributed by atoms with Gasteiger partial charge in [0.2, 0.25) is 0 Å². The maximum atomic E-state index is 4.90. The van der Waals surface area contributed by atoms with Crippen LogP contribution in [-0.2, 0) is 0 Å². The molecule has 2 heterocycles. The van der Waals surface area contributed by atoms with Crippen LogP contribution >= 0.6 is 0 Å². The molecule has 0 amide bonds. The molecule has 3 rings (SSSR count). The van der Waals surface area contributed by atoms with Crippen LogP contribution in [0.4, 0.5) is 0 Å². The molecule has 0 spiro atoms. The van der Waals surface area contributed by atoms with Crippen molar-refractivity contribution in [2.24, 2.45) is 0 Å². The molecule has 0 radical (unpaired) electrons. The average molecular weight is 261 g/mol. The SMILES string of the molecule is Cc1nn(C2CCCCC2)c(C)c1C1CCCNC1. The Labute approximate surface area is 116 Å². The van der Waals surface area contributed by atoms with Gasteiger partial charge in [-0.15, -0.1) is 0 Å². The maximum absolute atomic E-state index is 4.90. The number of piperidine rings is 1. The lowest BCUT2D eigenvalue weighted by atomic mass is 9.90. The van der Waals surface area contributed by atoms with Crippen molar-refractivity contribution < 1.29 is 0 Å². The highest BCUT2D eigenvalue weighted by Gasteiger charge is 2.25. The van der Waals surface area contributed by atoms with Gasteiger partial charge in [0, 0.05) is 23.7 Å². The zero-order valence-corrected chi connectivity index (χ0v) is 12.4. The molecule has 1 saturated heterocycles. The van der Waals surface area contributed by atoms with E-state index in [2.05, 4.69) is 23.8 Å². The Hall–Kier alpha value is -0.830. The number of aromatic nitrogens is 2. The van der Waals surface area contributed by atoms with Crippen LogP contribution in [0, 0.1) is 13.8 Å². The number of hydrogen-bond acceptors (Lipinski definition) is 2. The second kappa shape index (κ2) is 5.66. The van der Waals surface area contributed by atoms with E-state index in [1.165, 1.54) is 68.4 Å². The average Bonchev–Trinajstić information content (AvgIpc) is 2.76. The minimum Gasteiger partial charge on any atom is -0.316 e. The number of aryl methyl sites for hydroxylation is 1. The third kappa shape index (κ3) is 2.58. The van der Waals surface area contributed by atoms with Gasteiger partial charge in [-0.25, -0.2) is 0 Å². The monoisotopic (exact) mass is 261 g/mol. The summed E-state index contributed by atoms with van der Waals surface area (Å²) < 4.78 is 2.36. The van der Waals surface area contributed by atoms with Gasteiger partial charge in [-0.3, -0.25) is 4.68 Å². The fourth-order valence-electron chi connectivity index (χ4n) is 4.05. The standard InChI is InChI=1S/C16H27N3/c1-12-16(14-7-6-10-17-11-14)13(2)19(18-12)15-8-4-3-5-9-15/h14-15,17H,3-11H2,1-2H3. The van der Waals surface area contributed by atoms with Gasteiger partial charge < -0.3 is 5.32 Å². The van der Waals surface area contributed by atoms with Crippen LogP contribution < -0.4 is 5.32 Å². The number of rotatable bonds is 2. The van der Waals surface area contributed by atoms with E-state index >= 15 is 0 Å². The molecule has 1 atom stereocenters. The Bertz CT molecular complexity index is 423. The molecule has 19 heavy (non-hydrogen) atoms. The Kier molecular flexibility index (Phi) is 3.92. The molecule has 0 aromatic carbocycles. The molecular formula is C16H27N3. The molecule has 3 nitrogen and oxygen atoms in total. The molecule has 2 fully saturated rings. The first kappa shape index (κ1) is 13.2. The highest BCUT2D eigenvalue weighted by molar-refractivity contribution is 5.30. The fourth-order valence-corrected chi connectivity index (χ4v) is 4.05. The maximum Gasteiger partial charge on any atom is 0.0631 e. The molecule has 1 aliphatic heterocycles. The highest BCUT2D eigenvalue weighted by atomic mass is 15.3. The van der Waals surface area contributed by atoms with Crippen molar-refractivity contribution in [1.82, 2.24) is 15.1 Å². The van der Waals surface area contributed by atoms with Gasteiger partial charge >= 0.3 is 0 Å². The first-order valence-electron chi connectivity index (χ1n) is 8.03. The predicted octanol–water partition coefficient (Wildman–Crippen LogP) is 3.47. The lowest BCUT2D eigenvalue weighted by molar-refractivity contribution is 0.323. The van der Waals surface area contributed by atoms with Gasteiger partial charge in [0.25, 0.3) is 0 Å². The van der Waals surface area contributed by atoms with Crippen molar-refractivity contribution >= 4 is 0 Å². The second-order valence-corrected chi connectivity index (χ2v) is 6.36. The van der Waals surface area contributed by atoms with E-state index in [9.17, 15) is 0 Å². The Morgan fingerprint density at radius 3 is 2.53 bits per heavy atom. The molecule has 0 bridgehead atoms. The van der Waals surface area contributed by atoms with Gasteiger partial charge in [0.1, 0.15) is 0 Å². The van der Waals surface area contributed by atoms with Crippen molar-refractivity contribution in [3.63, 3.8) is 0 Å². The molecule has 2 aliphatic rings. The lowest BCUT2D eigenvalue weighted by Gasteiger charge is -2.25. The first-order chi connectivity index (χ1) is 9.27. The van der Waals surface area contributed by atoms with E-state index < -0.39 is 0 Å². The zero-order valence-electron chi connectivity index (χ0n) is 12.4. The molecular weight excluding hydrogens is 234 g/mol. The number of nitrogens with one attached hydrogen (secondary N) is 1. The van der Waals surface area contributed by atoms with E-state index in [0.717, 1.165) is 6.54 Å². The van der Waals surface area contributed by atoms with E-state index in [-0.39, 0.29) is 0 Å². The zero-order chi connectivity index (χ0) is 13.2. The molecule has 1 unspecified atom stereocenters. The summed E-state index contributed by atoms with van der Waals surface area (Å²) >= 11 is 0. The first-order valence-corrected chi connectivity index (χ1v) is 8.03. The highest BCUT2D eigenvalue weighted by Crippen LogP contribution is 2.34. The topological polar surface area (TPSA) is 29.9 Å². The Morgan fingerprint density at radius 1 is 1.05 bits per heavy atom. The summed E-state index contributed by atoms with van der Waals surface area (Å²) in [6, 6.07) is 0.665.